The zero-order valence-corrected chi connectivity index (χ0v) is 23.3. The van der Waals surface area contributed by atoms with Gasteiger partial charge < -0.3 is 14.8 Å². The summed E-state index contributed by atoms with van der Waals surface area (Å²) in [5, 5.41) is 5.65. The summed E-state index contributed by atoms with van der Waals surface area (Å²) in [7, 11) is 3.12. The minimum absolute atomic E-state index is 0.237. The van der Waals surface area contributed by atoms with Crippen LogP contribution >= 0.6 is 23.5 Å². The van der Waals surface area contributed by atoms with Gasteiger partial charge in [-0.15, -0.1) is 0 Å². The SMILES string of the molecule is COc1ccc(CN(Sc2cc(Cl)c(NCc3cccc4ccncc34)cc2F)c2cccc(F)n2)c(OC)c1. The maximum Gasteiger partial charge on any atom is 0.214 e. The van der Waals surface area contributed by atoms with Crippen molar-refractivity contribution >= 4 is 45.8 Å². The highest BCUT2D eigenvalue weighted by atomic mass is 35.5. The molecule has 0 amide bonds. The van der Waals surface area contributed by atoms with Crippen LogP contribution in [0.5, 0.6) is 11.5 Å². The average molecular weight is 579 g/mol. The molecule has 0 spiro atoms. The van der Waals surface area contributed by atoms with Crippen LogP contribution in [0.2, 0.25) is 5.02 Å². The van der Waals surface area contributed by atoms with Crippen LogP contribution < -0.4 is 19.1 Å². The van der Waals surface area contributed by atoms with Crippen molar-refractivity contribution in [1.82, 2.24) is 9.97 Å². The van der Waals surface area contributed by atoms with Crippen molar-refractivity contribution in [2.45, 2.75) is 18.0 Å². The zero-order chi connectivity index (χ0) is 28.1. The Morgan fingerprint density at radius 3 is 2.60 bits per heavy atom. The predicted octanol–water partition coefficient (Wildman–Crippen LogP) is 7.90. The number of rotatable bonds is 10. The molecule has 5 aromatic rings. The van der Waals surface area contributed by atoms with Crippen molar-refractivity contribution in [1.29, 1.82) is 0 Å². The highest BCUT2D eigenvalue weighted by Crippen LogP contribution is 2.37. The van der Waals surface area contributed by atoms with Gasteiger partial charge in [-0.05, 0) is 65.4 Å². The Bertz CT molecular complexity index is 1650. The van der Waals surface area contributed by atoms with Crippen molar-refractivity contribution in [2.24, 2.45) is 0 Å². The number of hydrogen-bond acceptors (Lipinski definition) is 7. The summed E-state index contributed by atoms with van der Waals surface area (Å²) in [5.74, 6) is 0.378. The summed E-state index contributed by atoms with van der Waals surface area (Å²) in [6.07, 6.45) is 3.55. The molecule has 0 unspecified atom stereocenters. The molecule has 0 aliphatic rings. The third kappa shape index (κ3) is 6.21. The molecular formula is C30H25ClF2N4O2S. The van der Waals surface area contributed by atoms with E-state index in [2.05, 4.69) is 15.3 Å². The van der Waals surface area contributed by atoms with Crippen LogP contribution in [0.1, 0.15) is 11.1 Å². The topological polar surface area (TPSA) is 59.5 Å². The van der Waals surface area contributed by atoms with Gasteiger partial charge in [-0.1, -0.05) is 35.9 Å². The number of benzene rings is 3. The van der Waals surface area contributed by atoms with Crippen LogP contribution in [0.15, 0.2) is 90.1 Å². The summed E-state index contributed by atoms with van der Waals surface area (Å²) < 4.78 is 42.0. The first-order chi connectivity index (χ1) is 19.4. The van der Waals surface area contributed by atoms with Gasteiger partial charge >= 0.3 is 0 Å². The summed E-state index contributed by atoms with van der Waals surface area (Å²) in [6.45, 7) is 0.672. The van der Waals surface area contributed by atoms with E-state index in [0.29, 0.717) is 34.6 Å². The van der Waals surface area contributed by atoms with Gasteiger partial charge in [-0.25, -0.2) is 9.37 Å². The molecule has 0 aliphatic heterocycles. The molecule has 0 atom stereocenters. The first kappa shape index (κ1) is 27.5. The Labute approximate surface area is 240 Å². The molecule has 0 saturated heterocycles. The van der Waals surface area contributed by atoms with Gasteiger partial charge in [-0.3, -0.25) is 9.29 Å². The Balaban J connectivity index is 1.41. The van der Waals surface area contributed by atoms with Gasteiger partial charge in [0.2, 0.25) is 5.95 Å². The Hall–Kier alpha value is -4.08. The first-order valence-corrected chi connectivity index (χ1v) is 13.4. The second-order valence-corrected chi connectivity index (χ2v) is 10.2. The van der Waals surface area contributed by atoms with Crippen molar-refractivity contribution < 1.29 is 18.3 Å². The molecule has 40 heavy (non-hydrogen) atoms. The van der Waals surface area contributed by atoms with Gasteiger partial charge in [0.25, 0.3) is 0 Å². The smallest absolute Gasteiger partial charge is 0.214 e. The molecule has 204 valence electrons. The van der Waals surface area contributed by atoms with Crippen molar-refractivity contribution in [3.05, 3.63) is 113 Å². The molecule has 0 fully saturated rings. The molecule has 0 radical (unpaired) electrons. The highest BCUT2D eigenvalue weighted by Gasteiger charge is 2.19. The number of pyridine rings is 2. The van der Waals surface area contributed by atoms with E-state index >= 15 is 4.39 Å². The van der Waals surface area contributed by atoms with Crippen LogP contribution in [-0.2, 0) is 13.1 Å². The van der Waals surface area contributed by atoms with Crippen LogP contribution in [-0.4, -0.2) is 24.2 Å². The number of hydrogen-bond donors (Lipinski definition) is 1. The summed E-state index contributed by atoms with van der Waals surface area (Å²) in [5.41, 5.74) is 2.24. The first-order valence-electron chi connectivity index (χ1n) is 12.3. The van der Waals surface area contributed by atoms with Crippen LogP contribution in [0.4, 0.5) is 20.3 Å². The third-order valence-corrected chi connectivity index (χ3v) is 7.60. The Kier molecular flexibility index (Phi) is 8.52. The van der Waals surface area contributed by atoms with E-state index in [1.807, 2.05) is 30.3 Å². The number of aromatic nitrogens is 2. The summed E-state index contributed by atoms with van der Waals surface area (Å²) >= 11 is 7.66. The fourth-order valence-corrected chi connectivity index (χ4v) is 5.46. The molecule has 0 saturated carbocycles. The predicted molar refractivity (Wildman–Crippen MR) is 156 cm³/mol. The number of anilines is 2. The van der Waals surface area contributed by atoms with Gasteiger partial charge in [0.1, 0.15) is 23.1 Å². The minimum Gasteiger partial charge on any atom is -0.497 e. The normalized spacial score (nSPS) is 10.9. The van der Waals surface area contributed by atoms with Gasteiger partial charge in [0.05, 0.1) is 36.4 Å². The molecule has 6 nitrogen and oxygen atoms in total. The quantitative estimate of drug-likeness (QED) is 0.133. The Morgan fingerprint density at radius 2 is 1.80 bits per heavy atom. The lowest BCUT2D eigenvalue weighted by molar-refractivity contribution is 0.391. The lowest BCUT2D eigenvalue weighted by Gasteiger charge is -2.24. The van der Waals surface area contributed by atoms with Gasteiger partial charge in [-0.2, -0.15) is 4.39 Å². The molecule has 2 heterocycles. The van der Waals surface area contributed by atoms with Crippen molar-refractivity contribution in [2.75, 3.05) is 23.8 Å². The number of methoxy groups -OCH3 is 2. The van der Waals surface area contributed by atoms with E-state index in [1.54, 1.807) is 61.3 Å². The molecular weight excluding hydrogens is 554 g/mol. The molecule has 3 aromatic carbocycles. The van der Waals surface area contributed by atoms with Crippen molar-refractivity contribution in [3.63, 3.8) is 0 Å². The van der Waals surface area contributed by atoms with E-state index in [-0.39, 0.29) is 11.4 Å². The number of ether oxygens (including phenoxy) is 2. The largest absolute Gasteiger partial charge is 0.497 e. The molecule has 5 rings (SSSR count). The lowest BCUT2D eigenvalue weighted by Crippen LogP contribution is -2.16. The standard InChI is InChI=1S/C30H25ClF2N4O2S/c1-38-22-10-9-21(27(13-22)39-2)18-37(30-8-4-7-29(33)36-30)40-28-14-24(31)26(15-25(28)32)35-16-20-6-3-5-19-11-12-34-17-23(19)20/h3-15,17,35H,16,18H2,1-2H3. The number of fused-ring (bicyclic) bond motifs is 1. The molecule has 0 bridgehead atoms. The second kappa shape index (κ2) is 12.4. The minimum atomic E-state index is -0.647. The van der Waals surface area contributed by atoms with Crippen LogP contribution in [0, 0.1) is 11.8 Å². The Morgan fingerprint density at radius 1 is 0.950 bits per heavy atom. The van der Waals surface area contributed by atoms with E-state index in [0.717, 1.165) is 33.8 Å². The summed E-state index contributed by atoms with van der Waals surface area (Å²) in [6, 6.07) is 20.7. The zero-order valence-electron chi connectivity index (χ0n) is 21.7. The average Bonchev–Trinajstić information content (AvgIpc) is 2.97. The lowest BCUT2D eigenvalue weighted by atomic mass is 10.1. The maximum absolute atomic E-state index is 15.5. The van der Waals surface area contributed by atoms with Gasteiger partial charge in [0.15, 0.2) is 0 Å². The van der Waals surface area contributed by atoms with E-state index < -0.39 is 11.8 Å². The molecule has 1 N–H and O–H groups in total. The molecule has 0 aliphatic carbocycles. The molecule has 10 heteroatoms. The molecule has 2 aromatic heterocycles. The number of halogens is 3. The maximum atomic E-state index is 15.5. The second-order valence-electron chi connectivity index (χ2n) is 8.75. The van der Waals surface area contributed by atoms with Crippen LogP contribution in [0.25, 0.3) is 10.8 Å². The van der Waals surface area contributed by atoms with Crippen LogP contribution in [0.3, 0.4) is 0 Å². The third-order valence-electron chi connectivity index (χ3n) is 6.24. The fraction of sp³-hybridized carbons (Fsp3) is 0.133. The van der Waals surface area contributed by atoms with Crippen molar-refractivity contribution in [3.8, 4) is 11.5 Å². The fourth-order valence-electron chi connectivity index (χ4n) is 4.21. The number of nitrogens with one attached hydrogen (secondary N) is 1. The highest BCUT2D eigenvalue weighted by molar-refractivity contribution is 8.00. The van der Waals surface area contributed by atoms with E-state index in [9.17, 15) is 4.39 Å². The summed E-state index contributed by atoms with van der Waals surface area (Å²) in [4.78, 5) is 8.48. The monoisotopic (exact) mass is 578 g/mol. The van der Waals surface area contributed by atoms with Gasteiger partial charge in [0, 0.05) is 36.0 Å². The van der Waals surface area contributed by atoms with E-state index in [1.165, 1.54) is 12.1 Å². The van der Waals surface area contributed by atoms with E-state index in [4.69, 9.17) is 21.1 Å². The number of nitrogens with zero attached hydrogens (tertiary/aromatic N) is 3.